The van der Waals surface area contributed by atoms with Gasteiger partial charge >= 0.3 is 12.1 Å². The molecular formula is C39H54N6O9. The van der Waals surface area contributed by atoms with Gasteiger partial charge in [-0.2, -0.15) is 0 Å². The van der Waals surface area contributed by atoms with Crippen LogP contribution in [0.4, 0.5) is 4.79 Å². The SMILES string of the molecule is CC(C)C[C@H](NC(=O)[C@H](C)N(C)C(=O)OCC1c2ccccc2-c2ccccc21)C(=O)N[C@@H](C)C(=O)N(C)[C@H](C(=O)N(C)[C@@H](CC(N)=O)C(=O)O)C(C)C. The van der Waals surface area contributed by atoms with E-state index in [0.717, 1.165) is 37.0 Å². The van der Waals surface area contributed by atoms with E-state index >= 15 is 0 Å². The van der Waals surface area contributed by atoms with E-state index in [0.29, 0.717) is 0 Å². The van der Waals surface area contributed by atoms with E-state index < -0.39 is 84.1 Å². The average Bonchev–Trinajstić information content (AvgIpc) is 3.43. The minimum atomic E-state index is -1.54. The Kier molecular flexibility index (Phi) is 14.7. The van der Waals surface area contributed by atoms with Crippen molar-refractivity contribution in [1.82, 2.24) is 25.3 Å². The van der Waals surface area contributed by atoms with Crippen LogP contribution in [0.3, 0.4) is 0 Å². The second-order valence-electron chi connectivity index (χ2n) is 14.6. The molecule has 0 radical (unpaired) electrons. The molecule has 2 aromatic rings. The second-order valence-corrected chi connectivity index (χ2v) is 14.6. The number of hydrogen-bond donors (Lipinski definition) is 4. The number of amides is 6. The maximum atomic E-state index is 13.6. The molecule has 2 aromatic carbocycles. The molecule has 0 aliphatic heterocycles. The van der Waals surface area contributed by atoms with Gasteiger partial charge in [0.1, 0.15) is 36.8 Å². The molecule has 0 unspecified atom stereocenters. The van der Waals surface area contributed by atoms with Crippen LogP contribution in [0.2, 0.25) is 0 Å². The van der Waals surface area contributed by atoms with E-state index in [1.54, 1.807) is 13.8 Å². The fourth-order valence-electron chi connectivity index (χ4n) is 6.68. The van der Waals surface area contributed by atoms with Crippen LogP contribution in [0, 0.1) is 11.8 Å². The fraction of sp³-hybridized carbons (Fsp3) is 0.513. The normalized spacial score (nSPS) is 14.8. The first kappa shape index (κ1) is 42.9. The smallest absolute Gasteiger partial charge is 0.410 e. The number of rotatable bonds is 17. The summed E-state index contributed by atoms with van der Waals surface area (Å²) in [7, 11) is 4.02. The Morgan fingerprint density at radius 1 is 0.759 bits per heavy atom. The quantitative estimate of drug-likeness (QED) is 0.187. The van der Waals surface area contributed by atoms with Gasteiger partial charge in [0, 0.05) is 27.1 Å². The lowest BCUT2D eigenvalue weighted by atomic mass is 9.98. The number of nitrogens with one attached hydrogen (secondary N) is 2. The molecular weight excluding hydrogens is 696 g/mol. The van der Waals surface area contributed by atoms with Crippen molar-refractivity contribution in [3.63, 3.8) is 0 Å². The number of fused-ring (bicyclic) bond motifs is 3. The van der Waals surface area contributed by atoms with Crippen molar-refractivity contribution in [2.75, 3.05) is 27.7 Å². The van der Waals surface area contributed by atoms with Crippen molar-refractivity contribution < 1.29 is 43.4 Å². The summed E-state index contributed by atoms with van der Waals surface area (Å²) in [6.45, 7) is 10.1. The third-order valence-corrected chi connectivity index (χ3v) is 9.80. The molecule has 3 rings (SSSR count). The molecule has 15 heteroatoms. The lowest BCUT2D eigenvalue weighted by molar-refractivity contribution is -0.155. The number of primary amides is 1. The van der Waals surface area contributed by atoms with E-state index in [1.165, 1.54) is 35.0 Å². The van der Waals surface area contributed by atoms with Gasteiger partial charge < -0.3 is 36.0 Å². The molecule has 1 aliphatic carbocycles. The number of nitrogens with two attached hydrogens (primary N) is 1. The van der Waals surface area contributed by atoms with Crippen LogP contribution >= 0.6 is 0 Å². The van der Waals surface area contributed by atoms with E-state index in [2.05, 4.69) is 10.6 Å². The summed E-state index contributed by atoms with van der Waals surface area (Å²) in [4.78, 5) is 93.7. The topological polar surface area (TPSA) is 209 Å². The highest BCUT2D eigenvalue weighted by atomic mass is 16.6. The predicted molar refractivity (Wildman–Crippen MR) is 201 cm³/mol. The van der Waals surface area contributed by atoms with Crippen LogP contribution in [-0.2, 0) is 33.5 Å². The van der Waals surface area contributed by atoms with Gasteiger partial charge in [-0.3, -0.25) is 28.9 Å². The molecule has 0 saturated heterocycles. The van der Waals surface area contributed by atoms with Crippen LogP contribution < -0.4 is 16.4 Å². The molecule has 15 nitrogen and oxygen atoms in total. The van der Waals surface area contributed by atoms with Crippen LogP contribution in [0.25, 0.3) is 11.1 Å². The Balaban J connectivity index is 1.66. The number of hydrogen-bond acceptors (Lipinski definition) is 8. The lowest BCUT2D eigenvalue weighted by Crippen LogP contribution is -2.59. The largest absolute Gasteiger partial charge is 0.480 e. The fourth-order valence-corrected chi connectivity index (χ4v) is 6.68. The van der Waals surface area contributed by atoms with Crippen LogP contribution in [-0.4, -0.2) is 119 Å². The van der Waals surface area contributed by atoms with Crippen LogP contribution in [0.1, 0.15) is 71.4 Å². The molecule has 0 fully saturated rings. The second kappa shape index (κ2) is 18.5. The summed E-state index contributed by atoms with van der Waals surface area (Å²) in [6.07, 6.45) is -1.12. The summed E-state index contributed by atoms with van der Waals surface area (Å²) in [5.74, 6) is -5.69. The lowest BCUT2D eigenvalue weighted by Gasteiger charge is -2.36. The van der Waals surface area contributed by atoms with Gasteiger partial charge in [0.2, 0.25) is 29.5 Å². The molecule has 1 aliphatic rings. The minimum Gasteiger partial charge on any atom is -0.480 e. The summed E-state index contributed by atoms with van der Waals surface area (Å²) in [5, 5.41) is 14.9. The van der Waals surface area contributed by atoms with Crippen molar-refractivity contribution in [2.24, 2.45) is 17.6 Å². The van der Waals surface area contributed by atoms with Gasteiger partial charge in [-0.05, 0) is 54.4 Å². The summed E-state index contributed by atoms with van der Waals surface area (Å²) in [6, 6.07) is 9.94. The van der Waals surface area contributed by atoms with E-state index in [-0.39, 0.29) is 24.9 Å². The Morgan fingerprint density at radius 3 is 1.78 bits per heavy atom. The Hall–Kier alpha value is -5.47. The van der Waals surface area contributed by atoms with Gasteiger partial charge in [-0.25, -0.2) is 9.59 Å². The third-order valence-electron chi connectivity index (χ3n) is 9.80. The van der Waals surface area contributed by atoms with Gasteiger partial charge in [0.25, 0.3) is 0 Å². The number of ether oxygens (including phenoxy) is 1. The molecule has 0 aromatic heterocycles. The number of aliphatic carboxylic acids is 1. The Bertz CT molecular complexity index is 1680. The van der Waals surface area contributed by atoms with E-state index in [1.807, 2.05) is 62.4 Å². The van der Waals surface area contributed by atoms with Crippen molar-refractivity contribution in [1.29, 1.82) is 0 Å². The first-order valence-corrected chi connectivity index (χ1v) is 18.0. The third kappa shape index (κ3) is 10.1. The number of benzene rings is 2. The monoisotopic (exact) mass is 750 g/mol. The number of likely N-dealkylation sites (N-methyl/N-ethyl adjacent to an activating group) is 3. The molecule has 5 atom stereocenters. The van der Waals surface area contributed by atoms with Gasteiger partial charge in [-0.1, -0.05) is 76.2 Å². The van der Waals surface area contributed by atoms with Gasteiger partial charge in [0.15, 0.2) is 0 Å². The number of carboxylic acid groups (broad SMARTS) is 1. The maximum Gasteiger partial charge on any atom is 0.410 e. The molecule has 294 valence electrons. The molecule has 0 spiro atoms. The zero-order chi connectivity index (χ0) is 40.6. The van der Waals surface area contributed by atoms with Gasteiger partial charge in [-0.15, -0.1) is 0 Å². The first-order chi connectivity index (χ1) is 25.3. The summed E-state index contributed by atoms with van der Waals surface area (Å²) < 4.78 is 5.71. The standard InChI is InChI=1S/C39H54N6O9/c1-21(2)18-30(35(48)41-23(5)36(49)45(9)33(22(3)4)37(50)44(8)31(38(51)52)19-32(40)46)42-34(47)24(6)43(7)39(53)54-20-29-27-16-12-10-14-25(27)26-15-11-13-17-28(26)29/h10-17,21-24,29-31,33H,18-20H2,1-9H3,(H2,40,46)(H,41,48)(H,42,47)(H,51,52)/t23-,24-,30-,31-,33-/m0/s1. The van der Waals surface area contributed by atoms with Crippen LogP contribution in [0.5, 0.6) is 0 Å². The summed E-state index contributed by atoms with van der Waals surface area (Å²) >= 11 is 0. The zero-order valence-corrected chi connectivity index (χ0v) is 32.5. The van der Waals surface area contributed by atoms with Crippen molar-refractivity contribution in [2.45, 2.75) is 90.5 Å². The van der Waals surface area contributed by atoms with Crippen molar-refractivity contribution in [3.8, 4) is 11.1 Å². The highest BCUT2D eigenvalue weighted by Crippen LogP contribution is 2.44. The summed E-state index contributed by atoms with van der Waals surface area (Å²) in [5.41, 5.74) is 9.46. The maximum absolute atomic E-state index is 13.6. The zero-order valence-electron chi connectivity index (χ0n) is 32.5. The van der Waals surface area contributed by atoms with E-state index in [9.17, 15) is 38.7 Å². The molecule has 54 heavy (non-hydrogen) atoms. The van der Waals surface area contributed by atoms with Crippen LogP contribution in [0.15, 0.2) is 48.5 Å². The van der Waals surface area contributed by atoms with Crippen molar-refractivity contribution in [3.05, 3.63) is 59.7 Å². The Labute approximate surface area is 316 Å². The van der Waals surface area contributed by atoms with Crippen molar-refractivity contribution >= 4 is 41.6 Å². The molecule has 6 amide bonds. The number of carbonyl (C=O) groups excluding carboxylic acids is 6. The predicted octanol–water partition coefficient (Wildman–Crippen LogP) is 2.56. The number of nitrogens with zero attached hydrogens (tertiary/aromatic N) is 3. The highest BCUT2D eigenvalue weighted by molar-refractivity contribution is 5.96. The first-order valence-electron chi connectivity index (χ1n) is 18.0. The number of carboxylic acids is 1. The molecule has 0 saturated carbocycles. The highest BCUT2D eigenvalue weighted by Gasteiger charge is 2.39. The average molecular weight is 751 g/mol. The Morgan fingerprint density at radius 2 is 1.30 bits per heavy atom. The minimum absolute atomic E-state index is 0.0500. The molecule has 5 N–H and O–H groups in total. The molecule has 0 bridgehead atoms. The van der Waals surface area contributed by atoms with E-state index in [4.69, 9.17) is 10.5 Å². The molecule has 0 heterocycles. The number of carbonyl (C=O) groups is 7. The van der Waals surface area contributed by atoms with Gasteiger partial charge in [0.05, 0.1) is 6.42 Å².